The van der Waals surface area contributed by atoms with E-state index in [4.69, 9.17) is 28.4 Å². The Bertz CT molecular complexity index is 1340. The molecule has 0 amide bonds. The zero-order valence-electron chi connectivity index (χ0n) is 35.8. The van der Waals surface area contributed by atoms with Crippen molar-refractivity contribution in [1.82, 2.24) is 0 Å². The van der Waals surface area contributed by atoms with Crippen molar-refractivity contribution in [3.8, 4) is 0 Å². The van der Waals surface area contributed by atoms with Gasteiger partial charge in [-0.25, -0.2) is 0 Å². The Morgan fingerprint density at radius 3 is 1.27 bits per heavy atom. The average Bonchev–Trinajstić information content (AvgIpc) is 3.19. The second-order valence-corrected chi connectivity index (χ2v) is 14.9. The topological polar surface area (TPSA) is 218 Å². The minimum atomic E-state index is -1.52. The fourth-order valence-corrected chi connectivity index (χ4v) is 6.47. The third-order valence-corrected chi connectivity index (χ3v) is 10.0. The quantitative estimate of drug-likeness (QED) is 0.0251. The summed E-state index contributed by atoms with van der Waals surface area (Å²) in [6.07, 6.45) is 14.1. The van der Waals surface area contributed by atoms with Crippen molar-refractivity contribution in [2.45, 2.75) is 167 Å². The zero-order chi connectivity index (χ0) is 44.0. The van der Waals surface area contributed by atoms with Crippen LogP contribution in [-0.4, -0.2) is 103 Å². The van der Waals surface area contributed by atoms with Crippen LogP contribution in [0.5, 0.6) is 0 Å². The second-order valence-electron chi connectivity index (χ2n) is 14.9. The summed E-state index contributed by atoms with van der Waals surface area (Å²) in [5.41, 5.74) is 0. The Kier molecular flexibility index (Phi) is 28.5. The third kappa shape index (κ3) is 22.2. The van der Waals surface area contributed by atoms with Gasteiger partial charge in [0.1, 0.15) is 18.8 Å². The van der Waals surface area contributed by atoms with Crippen molar-refractivity contribution in [3.63, 3.8) is 0 Å². The highest BCUT2D eigenvalue weighted by atomic mass is 16.7. The lowest BCUT2D eigenvalue weighted by Crippen LogP contribution is -2.62. The molecule has 59 heavy (non-hydrogen) atoms. The van der Waals surface area contributed by atoms with Gasteiger partial charge in [0.25, 0.3) is 0 Å². The van der Waals surface area contributed by atoms with Gasteiger partial charge in [0.05, 0.1) is 37.0 Å². The number of carboxylic acid groups (broad SMARTS) is 3. The van der Waals surface area contributed by atoms with Crippen molar-refractivity contribution in [2.75, 3.05) is 20.8 Å². The molecule has 0 saturated carbocycles. The van der Waals surface area contributed by atoms with E-state index in [0.717, 1.165) is 77.0 Å². The van der Waals surface area contributed by atoms with E-state index >= 15 is 0 Å². The van der Waals surface area contributed by atoms with Gasteiger partial charge in [-0.2, -0.15) is 0 Å². The number of carboxylic acids is 3. The Morgan fingerprint density at radius 2 is 0.915 bits per heavy atom. The van der Waals surface area contributed by atoms with Crippen molar-refractivity contribution < 1.29 is 72.5 Å². The molecule has 8 atom stereocenters. The highest BCUT2D eigenvalue weighted by molar-refractivity contribution is 5.80. The molecule has 0 aliphatic carbocycles. The first kappa shape index (κ1) is 52.9. The molecule has 3 unspecified atom stereocenters. The van der Waals surface area contributed by atoms with Crippen molar-refractivity contribution in [3.05, 3.63) is 36.5 Å². The van der Waals surface area contributed by atoms with Crippen LogP contribution < -0.4 is 0 Å². The third-order valence-electron chi connectivity index (χ3n) is 10.0. The van der Waals surface area contributed by atoms with Crippen molar-refractivity contribution in [1.29, 1.82) is 0 Å². The Morgan fingerprint density at radius 1 is 0.525 bits per heavy atom. The molecule has 336 valence electrons. The van der Waals surface area contributed by atoms with Crippen LogP contribution in [0.2, 0.25) is 0 Å². The number of carbonyl (C=O) groups excluding carboxylic acids is 3. The molecule has 0 aromatic rings. The highest BCUT2D eigenvalue weighted by Gasteiger charge is 2.52. The monoisotopic (exact) mass is 838 g/mol. The molecule has 0 aromatic carbocycles. The molecule has 1 rings (SSSR count). The molecule has 0 spiro atoms. The van der Waals surface area contributed by atoms with Crippen LogP contribution in [0, 0.1) is 17.8 Å². The summed E-state index contributed by atoms with van der Waals surface area (Å²) in [6, 6.07) is 0. The minimum Gasteiger partial charge on any atom is -0.481 e. The number of unbranched alkanes of at least 4 members (excludes halogenated alkanes) is 9. The zero-order valence-corrected chi connectivity index (χ0v) is 35.8. The van der Waals surface area contributed by atoms with Crippen LogP contribution in [0.15, 0.2) is 36.5 Å². The van der Waals surface area contributed by atoms with E-state index in [2.05, 4.69) is 20.8 Å². The van der Waals surface area contributed by atoms with E-state index in [9.17, 15) is 44.1 Å². The number of hydrogen-bond donors (Lipinski definition) is 3. The van der Waals surface area contributed by atoms with E-state index in [1.54, 1.807) is 18.2 Å². The number of methoxy groups -OCH3 is 2. The first-order valence-corrected chi connectivity index (χ1v) is 21.2. The first-order valence-electron chi connectivity index (χ1n) is 21.2. The number of rotatable bonds is 33. The Hall–Kier alpha value is -4.08. The molecule has 1 aliphatic rings. The molecule has 0 aromatic heterocycles. The summed E-state index contributed by atoms with van der Waals surface area (Å²) < 4.78 is 34.2. The van der Waals surface area contributed by atoms with Gasteiger partial charge >= 0.3 is 35.8 Å². The van der Waals surface area contributed by atoms with Gasteiger partial charge in [0.15, 0.2) is 18.5 Å². The minimum absolute atomic E-state index is 0.0609. The number of esters is 3. The van der Waals surface area contributed by atoms with Gasteiger partial charge in [-0.15, -0.1) is 0 Å². The standard InChI is InChI=1S/C44H70O15/c1-6-9-12-15-18-21-24-31(41(48)49)27-35(45)56-30-34-38(54-4)39(58-36(46)28-32(42(50)51)25-22-19-16-13-10-7-2)40(44(55-5)57-34)59-37(47)29-33(43(52)53)26-23-20-17-14-11-8-3/h18-23,31-34,38-40,44H,6-17,24-30H2,1-5H3,(H,48,49)(H,50,51)(H,52,53)/b21-18+,22-19+,23-20+/t31?,32?,33?,34-,38+,39-,40-,44-/m0/s1. The maximum Gasteiger partial charge on any atom is 0.307 e. The SMILES string of the molecule is CCCCC/C=C/CC(CC(=O)OC[C@@H]1O[C@H](OC)[C@@H](OC(=O)CC(C/C=C/CCCCC)C(=O)O)[C@@H](OC(=O)CC(C/C=C/CCCCC)C(=O)O)[C@@H]1OC)C(=O)O. The normalized spacial score (nSPS) is 21.0. The fourth-order valence-electron chi connectivity index (χ4n) is 6.47. The summed E-state index contributed by atoms with van der Waals surface area (Å²) in [4.78, 5) is 75.9. The second kappa shape index (κ2) is 31.8. The number of aliphatic carboxylic acids is 3. The Balaban J connectivity index is 3.28. The molecule has 0 radical (unpaired) electrons. The van der Waals surface area contributed by atoms with Crippen LogP contribution in [0.1, 0.15) is 136 Å². The van der Waals surface area contributed by atoms with E-state index in [1.165, 1.54) is 14.2 Å². The predicted molar refractivity (Wildman–Crippen MR) is 218 cm³/mol. The van der Waals surface area contributed by atoms with Gasteiger partial charge in [0, 0.05) is 14.2 Å². The van der Waals surface area contributed by atoms with E-state index in [1.807, 2.05) is 18.2 Å². The number of allylic oxidation sites excluding steroid dienone is 6. The van der Waals surface area contributed by atoms with E-state index in [-0.39, 0.29) is 19.3 Å². The van der Waals surface area contributed by atoms with Crippen LogP contribution in [0.3, 0.4) is 0 Å². The lowest BCUT2D eigenvalue weighted by molar-refractivity contribution is -0.304. The average molecular weight is 839 g/mol. The summed E-state index contributed by atoms with van der Waals surface area (Å²) >= 11 is 0. The molecule has 0 bridgehead atoms. The van der Waals surface area contributed by atoms with Crippen LogP contribution >= 0.6 is 0 Å². The molecule has 1 fully saturated rings. The van der Waals surface area contributed by atoms with Crippen LogP contribution in [0.25, 0.3) is 0 Å². The summed E-state index contributed by atoms with van der Waals surface area (Å²) in [6.45, 7) is 5.73. The number of ether oxygens (including phenoxy) is 6. The maximum absolute atomic E-state index is 13.5. The molecule has 1 saturated heterocycles. The molecule has 15 nitrogen and oxygen atoms in total. The number of hydrogen-bond acceptors (Lipinski definition) is 12. The van der Waals surface area contributed by atoms with Gasteiger partial charge in [-0.05, 0) is 57.8 Å². The molecule has 1 heterocycles. The molecule has 15 heteroatoms. The molecule has 1 aliphatic heterocycles. The summed E-state index contributed by atoms with van der Waals surface area (Å²) in [5.74, 6) is -9.65. The van der Waals surface area contributed by atoms with Gasteiger partial charge in [0.2, 0.25) is 0 Å². The summed E-state index contributed by atoms with van der Waals surface area (Å²) in [7, 11) is 2.48. The first-order chi connectivity index (χ1) is 28.3. The van der Waals surface area contributed by atoms with E-state index in [0.29, 0.717) is 0 Å². The van der Waals surface area contributed by atoms with Gasteiger partial charge in [-0.3, -0.25) is 28.8 Å². The fraction of sp³-hybridized carbons (Fsp3) is 0.727. The van der Waals surface area contributed by atoms with Gasteiger partial charge < -0.3 is 43.7 Å². The lowest BCUT2D eigenvalue weighted by atomic mass is 9.97. The Labute approximate surface area is 349 Å². The summed E-state index contributed by atoms with van der Waals surface area (Å²) in [5, 5.41) is 29.5. The predicted octanol–water partition coefficient (Wildman–Crippen LogP) is 7.59. The lowest BCUT2D eigenvalue weighted by Gasteiger charge is -2.44. The van der Waals surface area contributed by atoms with Crippen LogP contribution in [0.4, 0.5) is 0 Å². The smallest absolute Gasteiger partial charge is 0.307 e. The van der Waals surface area contributed by atoms with Crippen LogP contribution in [-0.2, 0) is 57.2 Å². The van der Waals surface area contributed by atoms with Crippen molar-refractivity contribution >= 4 is 35.8 Å². The maximum atomic E-state index is 13.5. The molecular formula is C44H70O15. The van der Waals surface area contributed by atoms with E-state index < -0.39 is 110 Å². The van der Waals surface area contributed by atoms with Crippen molar-refractivity contribution in [2.24, 2.45) is 17.8 Å². The number of carbonyl (C=O) groups is 6. The molecular weight excluding hydrogens is 768 g/mol. The highest BCUT2D eigenvalue weighted by Crippen LogP contribution is 2.31. The molecule has 3 N–H and O–H groups in total. The largest absolute Gasteiger partial charge is 0.481 e. The van der Waals surface area contributed by atoms with Gasteiger partial charge in [-0.1, -0.05) is 95.8 Å².